The monoisotopic (exact) mass is 379 g/mol. The summed E-state index contributed by atoms with van der Waals surface area (Å²) in [5.74, 6) is -1.45. The number of nitrogens with zero attached hydrogens (tertiary/aromatic N) is 2. The Labute approximate surface area is 161 Å². The molecule has 0 saturated heterocycles. The first-order valence-corrected chi connectivity index (χ1v) is 8.90. The smallest absolute Gasteiger partial charge is 0.303 e. The normalized spacial score (nSPS) is 10.8. The molecule has 28 heavy (non-hydrogen) atoms. The third-order valence-electron chi connectivity index (χ3n) is 4.60. The molecule has 0 saturated carbocycles. The zero-order valence-electron chi connectivity index (χ0n) is 15.7. The second-order valence-corrected chi connectivity index (χ2v) is 6.77. The number of hydrogen-bond acceptors (Lipinski definition) is 4. The number of anilines is 1. The number of aromatic nitrogens is 2. The zero-order valence-corrected chi connectivity index (χ0v) is 15.7. The number of amides is 1. The molecular formula is C21H21N3O4. The molecule has 144 valence electrons. The Bertz CT molecular complexity index is 1120. The number of fused-ring (bicyclic) bond motifs is 1. The lowest BCUT2D eigenvalue weighted by molar-refractivity contribution is -0.138. The van der Waals surface area contributed by atoms with Crippen molar-refractivity contribution < 1.29 is 14.7 Å². The van der Waals surface area contributed by atoms with Gasteiger partial charge in [-0.1, -0.05) is 18.2 Å². The van der Waals surface area contributed by atoms with Crippen LogP contribution in [-0.2, 0) is 16.1 Å². The van der Waals surface area contributed by atoms with Gasteiger partial charge in [-0.2, -0.15) is 0 Å². The molecule has 0 radical (unpaired) electrons. The fraction of sp³-hybridized carbons (Fsp3) is 0.238. The Morgan fingerprint density at radius 3 is 2.57 bits per heavy atom. The van der Waals surface area contributed by atoms with Crippen molar-refractivity contribution in [3.8, 4) is 0 Å². The van der Waals surface area contributed by atoms with Crippen LogP contribution in [0, 0.1) is 13.8 Å². The van der Waals surface area contributed by atoms with E-state index >= 15 is 0 Å². The molecule has 0 bridgehead atoms. The molecule has 1 amide bonds. The predicted octanol–water partition coefficient (Wildman–Crippen LogP) is 2.86. The molecule has 0 aliphatic carbocycles. The van der Waals surface area contributed by atoms with Gasteiger partial charge in [-0.25, -0.2) is 4.98 Å². The molecule has 0 spiro atoms. The van der Waals surface area contributed by atoms with Gasteiger partial charge < -0.3 is 10.4 Å². The van der Waals surface area contributed by atoms with Crippen LogP contribution in [0.2, 0.25) is 0 Å². The number of hydrogen-bond donors (Lipinski definition) is 2. The van der Waals surface area contributed by atoms with Crippen molar-refractivity contribution in [3.05, 3.63) is 69.8 Å². The minimum absolute atomic E-state index is 0.128. The maximum absolute atomic E-state index is 12.9. The molecule has 7 nitrogen and oxygen atoms in total. The van der Waals surface area contributed by atoms with E-state index in [9.17, 15) is 14.4 Å². The molecule has 1 heterocycles. The van der Waals surface area contributed by atoms with E-state index in [1.807, 2.05) is 32.0 Å². The van der Waals surface area contributed by atoms with Gasteiger partial charge in [0.05, 0.1) is 30.2 Å². The maximum Gasteiger partial charge on any atom is 0.303 e. The van der Waals surface area contributed by atoms with Gasteiger partial charge in [0.25, 0.3) is 5.56 Å². The molecule has 7 heteroatoms. The second kappa shape index (κ2) is 8.04. The first kappa shape index (κ1) is 19.3. The van der Waals surface area contributed by atoms with E-state index in [1.54, 1.807) is 18.2 Å². The van der Waals surface area contributed by atoms with Crippen LogP contribution < -0.4 is 10.9 Å². The van der Waals surface area contributed by atoms with Gasteiger partial charge in [0.15, 0.2) is 0 Å². The van der Waals surface area contributed by atoms with Crippen molar-refractivity contribution >= 4 is 28.5 Å². The Morgan fingerprint density at radius 2 is 1.86 bits per heavy atom. The minimum atomic E-state index is -1.04. The van der Waals surface area contributed by atoms with Crippen molar-refractivity contribution in [1.29, 1.82) is 0 Å². The summed E-state index contributed by atoms with van der Waals surface area (Å²) in [5, 5.41) is 11.7. The van der Waals surface area contributed by atoms with Crippen molar-refractivity contribution in [1.82, 2.24) is 9.55 Å². The molecular weight excluding hydrogens is 358 g/mol. The first-order chi connectivity index (χ1) is 13.3. The SMILES string of the molecule is Cc1ccc(Cn2cnc3ccc(NC(=O)CCC(=O)O)cc3c2=O)cc1C. The number of aliphatic carboxylic acids is 1. The van der Waals surface area contributed by atoms with E-state index in [-0.39, 0.29) is 18.4 Å². The Balaban J connectivity index is 1.87. The van der Waals surface area contributed by atoms with E-state index in [4.69, 9.17) is 5.11 Å². The quantitative estimate of drug-likeness (QED) is 0.686. The topological polar surface area (TPSA) is 101 Å². The lowest BCUT2D eigenvalue weighted by Crippen LogP contribution is -2.21. The highest BCUT2D eigenvalue weighted by atomic mass is 16.4. The number of aryl methyl sites for hydroxylation is 2. The van der Waals surface area contributed by atoms with Gasteiger partial charge in [0.1, 0.15) is 0 Å². The highest BCUT2D eigenvalue weighted by Gasteiger charge is 2.09. The summed E-state index contributed by atoms with van der Waals surface area (Å²) in [6.07, 6.45) is 1.14. The van der Waals surface area contributed by atoms with Crippen LogP contribution in [0.1, 0.15) is 29.5 Å². The second-order valence-electron chi connectivity index (χ2n) is 6.77. The van der Waals surface area contributed by atoms with Crippen LogP contribution >= 0.6 is 0 Å². The summed E-state index contributed by atoms with van der Waals surface area (Å²) in [4.78, 5) is 39.6. The van der Waals surface area contributed by atoms with Crippen LogP contribution in [0.3, 0.4) is 0 Å². The number of benzene rings is 2. The van der Waals surface area contributed by atoms with E-state index in [0.717, 1.165) is 11.1 Å². The Morgan fingerprint density at radius 1 is 1.07 bits per heavy atom. The van der Waals surface area contributed by atoms with Gasteiger partial charge in [0, 0.05) is 12.1 Å². The lowest BCUT2D eigenvalue weighted by atomic mass is 10.1. The van der Waals surface area contributed by atoms with Crippen molar-refractivity contribution in [3.63, 3.8) is 0 Å². The number of carbonyl (C=O) groups excluding carboxylic acids is 1. The highest BCUT2D eigenvalue weighted by molar-refractivity contribution is 5.94. The molecule has 0 fully saturated rings. The molecule has 0 aliphatic rings. The standard InChI is InChI=1S/C21H21N3O4/c1-13-3-4-15(9-14(13)2)11-24-12-22-18-6-5-16(10-17(18)21(24)28)23-19(25)7-8-20(26)27/h3-6,9-10,12H,7-8,11H2,1-2H3,(H,23,25)(H,26,27). The van der Waals surface area contributed by atoms with Crippen LogP contribution in [0.4, 0.5) is 5.69 Å². The molecule has 0 aliphatic heterocycles. The first-order valence-electron chi connectivity index (χ1n) is 8.90. The third kappa shape index (κ3) is 4.43. The van der Waals surface area contributed by atoms with Gasteiger partial charge >= 0.3 is 5.97 Å². The summed E-state index contributed by atoms with van der Waals surface area (Å²) < 4.78 is 1.53. The fourth-order valence-corrected chi connectivity index (χ4v) is 2.89. The molecule has 2 aromatic carbocycles. The highest BCUT2D eigenvalue weighted by Crippen LogP contribution is 2.16. The summed E-state index contributed by atoms with van der Waals surface area (Å²) >= 11 is 0. The van der Waals surface area contributed by atoms with E-state index in [0.29, 0.717) is 23.1 Å². The molecule has 0 atom stereocenters. The predicted molar refractivity (Wildman–Crippen MR) is 107 cm³/mol. The van der Waals surface area contributed by atoms with E-state index in [2.05, 4.69) is 10.3 Å². The van der Waals surface area contributed by atoms with Crippen molar-refractivity contribution in [2.45, 2.75) is 33.2 Å². The fourth-order valence-electron chi connectivity index (χ4n) is 2.89. The van der Waals surface area contributed by atoms with Gasteiger partial charge in [-0.05, 0) is 48.7 Å². The average Bonchev–Trinajstić information content (AvgIpc) is 2.65. The molecule has 1 aromatic heterocycles. The van der Waals surface area contributed by atoms with E-state index in [1.165, 1.54) is 16.5 Å². The number of rotatable bonds is 6. The van der Waals surface area contributed by atoms with Crippen LogP contribution in [0.25, 0.3) is 10.9 Å². The van der Waals surface area contributed by atoms with Crippen LogP contribution in [-0.4, -0.2) is 26.5 Å². The summed E-state index contributed by atoms with van der Waals surface area (Å²) in [7, 11) is 0. The third-order valence-corrected chi connectivity index (χ3v) is 4.60. The molecule has 3 aromatic rings. The lowest BCUT2D eigenvalue weighted by Gasteiger charge is -2.10. The number of carbonyl (C=O) groups is 2. The summed E-state index contributed by atoms with van der Waals surface area (Å²) in [5.41, 5.74) is 4.12. The van der Waals surface area contributed by atoms with E-state index < -0.39 is 11.9 Å². The maximum atomic E-state index is 12.9. The number of carboxylic acid groups (broad SMARTS) is 1. The molecule has 3 rings (SSSR count). The van der Waals surface area contributed by atoms with Crippen molar-refractivity contribution in [2.24, 2.45) is 0 Å². The Hall–Kier alpha value is -3.48. The summed E-state index contributed by atoms with van der Waals surface area (Å²) in [6.45, 7) is 4.47. The zero-order chi connectivity index (χ0) is 20.3. The van der Waals surface area contributed by atoms with Gasteiger partial charge in [-0.15, -0.1) is 0 Å². The van der Waals surface area contributed by atoms with Gasteiger partial charge in [-0.3, -0.25) is 19.0 Å². The largest absolute Gasteiger partial charge is 0.481 e. The number of nitrogens with one attached hydrogen (secondary N) is 1. The molecule has 2 N–H and O–H groups in total. The van der Waals surface area contributed by atoms with Crippen LogP contribution in [0.5, 0.6) is 0 Å². The summed E-state index contributed by atoms with van der Waals surface area (Å²) in [6, 6.07) is 10.9. The van der Waals surface area contributed by atoms with Crippen LogP contribution in [0.15, 0.2) is 47.5 Å². The average molecular weight is 379 g/mol. The Kier molecular flexibility index (Phi) is 5.54. The molecule has 0 unspecified atom stereocenters. The van der Waals surface area contributed by atoms with Gasteiger partial charge in [0.2, 0.25) is 5.91 Å². The number of carboxylic acids is 1. The van der Waals surface area contributed by atoms with Crippen molar-refractivity contribution in [2.75, 3.05) is 5.32 Å². The minimum Gasteiger partial charge on any atom is -0.481 e.